The molecule has 3 nitrogen and oxygen atoms in total. The highest BCUT2D eigenvalue weighted by Crippen LogP contribution is 2.64. The number of rotatable bonds is 1. The zero-order valence-corrected chi connectivity index (χ0v) is 9.36. The summed E-state index contributed by atoms with van der Waals surface area (Å²) in [5.74, 6) is 1.94. The quantitative estimate of drug-likeness (QED) is 0.621. The number of fused-ring (bicyclic) bond motifs is 5. The molecular formula is C12H18O3. The summed E-state index contributed by atoms with van der Waals surface area (Å²) < 4.78 is 11.0. The van der Waals surface area contributed by atoms with Crippen LogP contribution in [-0.4, -0.2) is 18.9 Å². The molecule has 2 bridgehead atoms. The van der Waals surface area contributed by atoms with E-state index in [9.17, 15) is 4.79 Å². The fraction of sp³-hybridized carbons (Fsp3) is 0.917. The van der Waals surface area contributed by atoms with Gasteiger partial charge in [0.05, 0.1) is 6.61 Å². The van der Waals surface area contributed by atoms with Gasteiger partial charge in [0.15, 0.2) is 0 Å². The molecule has 1 aliphatic heterocycles. The van der Waals surface area contributed by atoms with Crippen LogP contribution >= 0.6 is 0 Å². The largest absolute Gasteiger partial charge is 0.435 e. The molecule has 84 valence electrons. The molecule has 3 rings (SSSR count). The third kappa shape index (κ3) is 1.13. The third-order valence-electron chi connectivity index (χ3n) is 4.93. The van der Waals surface area contributed by atoms with Crippen LogP contribution in [0.25, 0.3) is 0 Å². The van der Waals surface area contributed by atoms with Crippen molar-refractivity contribution >= 4 is 5.97 Å². The van der Waals surface area contributed by atoms with Gasteiger partial charge in [0, 0.05) is 12.3 Å². The molecule has 15 heavy (non-hydrogen) atoms. The first-order valence-corrected chi connectivity index (χ1v) is 5.91. The summed E-state index contributed by atoms with van der Waals surface area (Å²) in [7, 11) is 0. The van der Waals surface area contributed by atoms with Gasteiger partial charge < -0.3 is 9.47 Å². The molecule has 3 heteroatoms. The maximum absolute atomic E-state index is 11.0. The Kier molecular flexibility index (Phi) is 1.91. The number of carbonyl (C=O) groups excluding carboxylic acids is 1. The standard InChI is InChI=1S/C12H18O3/c1-7(13)15-11-12(2)9-4-3-8(5-9)10(12)6-14-11/h8-11H,3-6H2,1-2H3. The monoisotopic (exact) mass is 210 g/mol. The van der Waals surface area contributed by atoms with Crippen LogP contribution in [-0.2, 0) is 14.3 Å². The minimum atomic E-state index is -0.282. The van der Waals surface area contributed by atoms with Gasteiger partial charge >= 0.3 is 5.97 Å². The Balaban J connectivity index is 1.86. The van der Waals surface area contributed by atoms with Gasteiger partial charge in [0.1, 0.15) is 0 Å². The molecule has 1 saturated heterocycles. The highest BCUT2D eigenvalue weighted by Gasteiger charge is 2.63. The normalized spacial score (nSPS) is 51.9. The van der Waals surface area contributed by atoms with Gasteiger partial charge in [-0.25, -0.2) is 0 Å². The van der Waals surface area contributed by atoms with Crippen molar-refractivity contribution in [1.82, 2.24) is 0 Å². The SMILES string of the molecule is CC(=O)OC1OCC2C3CCC(C3)C12C. The first-order chi connectivity index (χ1) is 7.12. The lowest BCUT2D eigenvalue weighted by atomic mass is 9.68. The molecule has 0 radical (unpaired) electrons. The molecular weight excluding hydrogens is 192 g/mol. The highest BCUT2D eigenvalue weighted by molar-refractivity contribution is 5.66. The van der Waals surface area contributed by atoms with Crippen LogP contribution in [0, 0.1) is 23.2 Å². The number of hydrogen-bond donors (Lipinski definition) is 0. The van der Waals surface area contributed by atoms with Gasteiger partial charge in [-0.05, 0) is 37.0 Å². The number of carbonyl (C=O) groups is 1. The summed E-state index contributed by atoms with van der Waals surface area (Å²) in [4.78, 5) is 11.0. The van der Waals surface area contributed by atoms with Crippen LogP contribution in [0.2, 0.25) is 0 Å². The number of esters is 1. The predicted octanol–water partition coefficient (Wildman–Crippen LogP) is 1.96. The van der Waals surface area contributed by atoms with E-state index in [1.807, 2.05) is 0 Å². The zero-order valence-electron chi connectivity index (χ0n) is 9.36. The van der Waals surface area contributed by atoms with Crippen molar-refractivity contribution in [2.45, 2.75) is 39.4 Å². The fourth-order valence-corrected chi connectivity index (χ4v) is 4.12. The van der Waals surface area contributed by atoms with Gasteiger partial charge in [-0.1, -0.05) is 6.92 Å². The van der Waals surface area contributed by atoms with Crippen molar-refractivity contribution in [2.24, 2.45) is 23.2 Å². The Hall–Kier alpha value is -0.570. The molecule has 2 aliphatic carbocycles. The van der Waals surface area contributed by atoms with Gasteiger partial charge in [-0.15, -0.1) is 0 Å². The molecule has 0 aromatic carbocycles. The van der Waals surface area contributed by atoms with E-state index < -0.39 is 0 Å². The van der Waals surface area contributed by atoms with Crippen LogP contribution in [0.3, 0.4) is 0 Å². The second-order valence-electron chi connectivity index (χ2n) is 5.52. The molecule has 3 fully saturated rings. The van der Waals surface area contributed by atoms with Crippen molar-refractivity contribution in [3.8, 4) is 0 Å². The maximum atomic E-state index is 11.0. The molecule has 3 aliphatic rings. The van der Waals surface area contributed by atoms with Crippen LogP contribution in [0.15, 0.2) is 0 Å². The number of ether oxygens (including phenoxy) is 2. The maximum Gasteiger partial charge on any atom is 0.304 e. The van der Waals surface area contributed by atoms with Crippen molar-refractivity contribution < 1.29 is 14.3 Å². The van der Waals surface area contributed by atoms with Crippen LogP contribution in [0.4, 0.5) is 0 Å². The van der Waals surface area contributed by atoms with E-state index in [1.54, 1.807) is 0 Å². The van der Waals surface area contributed by atoms with Crippen molar-refractivity contribution in [1.29, 1.82) is 0 Å². The summed E-state index contributed by atoms with van der Waals surface area (Å²) in [5.41, 5.74) is 0.106. The molecule has 0 amide bonds. The lowest BCUT2D eigenvalue weighted by Crippen LogP contribution is -2.40. The second-order valence-corrected chi connectivity index (χ2v) is 5.52. The topological polar surface area (TPSA) is 35.5 Å². The van der Waals surface area contributed by atoms with Crippen LogP contribution < -0.4 is 0 Å². The van der Waals surface area contributed by atoms with Crippen LogP contribution in [0.1, 0.15) is 33.1 Å². The minimum absolute atomic E-state index is 0.106. The highest BCUT2D eigenvalue weighted by atomic mass is 16.7. The van der Waals surface area contributed by atoms with E-state index in [-0.39, 0.29) is 17.7 Å². The molecule has 2 saturated carbocycles. The van der Waals surface area contributed by atoms with E-state index in [2.05, 4.69) is 6.92 Å². The third-order valence-corrected chi connectivity index (χ3v) is 4.93. The molecule has 5 unspecified atom stereocenters. The minimum Gasteiger partial charge on any atom is -0.435 e. The first kappa shape index (κ1) is 9.64. The Morgan fingerprint density at radius 3 is 3.00 bits per heavy atom. The molecule has 5 atom stereocenters. The summed E-state index contributed by atoms with van der Waals surface area (Å²) in [6.45, 7) is 4.50. The van der Waals surface area contributed by atoms with E-state index in [0.717, 1.165) is 12.5 Å². The summed E-state index contributed by atoms with van der Waals surface area (Å²) in [6.07, 6.45) is 3.68. The first-order valence-electron chi connectivity index (χ1n) is 5.91. The fourth-order valence-electron chi connectivity index (χ4n) is 4.12. The summed E-state index contributed by atoms with van der Waals surface area (Å²) >= 11 is 0. The Morgan fingerprint density at radius 1 is 1.47 bits per heavy atom. The van der Waals surface area contributed by atoms with Gasteiger partial charge in [0.25, 0.3) is 0 Å². The molecule has 0 aromatic heterocycles. The number of hydrogen-bond acceptors (Lipinski definition) is 3. The Morgan fingerprint density at radius 2 is 2.27 bits per heavy atom. The average Bonchev–Trinajstić information content (AvgIpc) is 2.78. The molecule has 0 N–H and O–H groups in total. The van der Waals surface area contributed by atoms with Gasteiger partial charge in [-0.3, -0.25) is 4.79 Å². The van der Waals surface area contributed by atoms with Crippen molar-refractivity contribution in [3.05, 3.63) is 0 Å². The predicted molar refractivity (Wildman–Crippen MR) is 53.9 cm³/mol. The summed E-state index contributed by atoms with van der Waals surface area (Å²) in [5, 5.41) is 0. The van der Waals surface area contributed by atoms with E-state index in [4.69, 9.17) is 9.47 Å². The Labute approximate surface area is 90.1 Å². The summed E-state index contributed by atoms with van der Waals surface area (Å²) in [6, 6.07) is 0. The van der Waals surface area contributed by atoms with Crippen molar-refractivity contribution in [2.75, 3.05) is 6.61 Å². The lowest BCUT2D eigenvalue weighted by Gasteiger charge is -2.37. The molecule has 0 spiro atoms. The zero-order chi connectivity index (χ0) is 10.6. The van der Waals surface area contributed by atoms with Crippen molar-refractivity contribution in [3.63, 3.8) is 0 Å². The van der Waals surface area contributed by atoms with Gasteiger partial charge in [0.2, 0.25) is 6.29 Å². The smallest absolute Gasteiger partial charge is 0.304 e. The average molecular weight is 210 g/mol. The molecule has 0 aromatic rings. The van der Waals surface area contributed by atoms with Crippen LogP contribution in [0.5, 0.6) is 0 Å². The van der Waals surface area contributed by atoms with Gasteiger partial charge in [-0.2, -0.15) is 0 Å². The van der Waals surface area contributed by atoms with E-state index >= 15 is 0 Å². The van der Waals surface area contributed by atoms with E-state index in [0.29, 0.717) is 11.8 Å². The lowest BCUT2D eigenvalue weighted by molar-refractivity contribution is -0.188. The molecule has 1 heterocycles. The Bertz CT molecular complexity index is 301. The second kappa shape index (κ2) is 2.97. The van der Waals surface area contributed by atoms with E-state index in [1.165, 1.54) is 26.2 Å².